The molecular weight excluding hydrogens is 346 g/mol. The van der Waals surface area contributed by atoms with Crippen molar-refractivity contribution in [3.05, 3.63) is 26.6 Å². The first-order valence-electron chi connectivity index (χ1n) is 5.92. The summed E-state index contributed by atoms with van der Waals surface area (Å²) in [6, 6.07) is 4.20. The summed E-state index contributed by atoms with van der Waals surface area (Å²) in [4.78, 5) is 0. The number of unbranched alkanes of at least 4 members (excludes halogenated alkanes) is 1. The van der Waals surface area contributed by atoms with Crippen LogP contribution in [0.2, 0.25) is 0 Å². The molecule has 1 aromatic rings. The number of benzene rings is 1. The Morgan fingerprint density at radius 2 is 1.82 bits per heavy atom. The molecule has 0 aromatic heterocycles. The van der Waals surface area contributed by atoms with Crippen LogP contribution in [0.3, 0.4) is 0 Å². The Hall–Kier alpha value is -0.0600. The predicted octanol–water partition coefficient (Wildman–Crippen LogP) is 4.75. The second kappa shape index (κ2) is 8.11. The molecule has 0 saturated heterocycles. The van der Waals surface area contributed by atoms with Crippen LogP contribution >= 0.6 is 31.9 Å². The number of anilines is 1. The third-order valence-electron chi connectivity index (χ3n) is 2.38. The average molecular weight is 365 g/mol. The molecule has 1 rings (SSSR count). The molecule has 0 unspecified atom stereocenters. The number of halogens is 2. The topological polar surface area (TPSA) is 21.3 Å². The number of ether oxygens (including phenoxy) is 1. The minimum absolute atomic E-state index is 0.743. The van der Waals surface area contributed by atoms with Gasteiger partial charge in [-0.3, -0.25) is 0 Å². The molecule has 17 heavy (non-hydrogen) atoms. The van der Waals surface area contributed by atoms with Gasteiger partial charge in [0.2, 0.25) is 0 Å². The lowest BCUT2D eigenvalue weighted by Gasteiger charge is -2.12. The highest BCUT2D eigenvalue weighted by Crippen LogP contribution is 2.31. The number of nitrogens with one attached hydrogen (secondary N) is 1. The van der Waals surface area contributed by atoms with E-state index in [9.17, 15) is 0 Å². The Labute approximate surface area is 120 Å². The van der Waals surface area contributed by atoms with Crippen molar-refractivity contribution in [2.45, 2.75) is 26.7 Å². The lowest BCUT2D eigenvalue weighted by molar-refractivity contribution is 0.141. The molecule has 0 heterocycles. The van der Waals surface area contributed by atoms with E-state index in [0.717, 1.165) is 40.8 Å². The highest BCUT2D eigenvalue weighted by molar-refractivity contribution is 9.11. The van der Waals surface area contributed by atoms with E-state index in [4.69, 9.17) is 4.74 Å². The molecule has 0 aliphatic rings. The average Bonchev–Trinajstić information content (AvgIpc) is 2.26. The molecule has 0 radical (unpaired) electrons. The number of hydrogen-bond donors (Lipinski definition) is 1. The van der Waals surface area contributed by atoms with Crippen molar-refractivity contribution in [3.8, 4) is 0 Å². The molecule has 1 N–H and O–H groups in total. The van der Waals surface area contributed by atoms with Crippen LogP contribution in [-0.4, -0.2) is 19.8 Å². The van der Waals surface area contributed by atoms with Crippen molar-refractivity contribution in [1.82, 2.24) is 0 Å². The van der Waals surface area contributed by atoms with Crippen molar-refractivity contribution >= 4 is 37.5 Å². The second-order valence-electron chi connectivity index (χ2n) is 4.00. The van der Waals surface area contributed by atoms with Crippen molar-refractivity contribution in [2.24, 2.45) is 0 Å². The summed E-state index contributed by atoms with van der Waals surface area (Å²) in [5, 5.41) is 3.37. The molecule has 0 bridgehead atoms. The van der Waals surface area contributed by atoms with E-state index >= 15 is 0 Å². The molecule has 0 spiro atoms. The molecule has 0 amide bonds. The van der Waals surface area contributed by atoms with Crippen LogP contribution in [0.1, 0.15) is 25.3 Å². The fourth-order valence-electron chi connectivity index (χ4n) is 1.47. The SMILES string of the molecule is CCCCOCCNc1c(Br)cc(C)cc1Br. The van der Waals surface area contributed by atoms with Crippen molar-refractivity contribution in [3.63, 3.8) is 0 Å². The van der Waals surface area contributed by atoms with E-state index in [-0.39, 0.29) is 0 Å². The maximum Gasteiger partial charge on any atom is 0.0639 e. The van der Waals surface area contributed by atoms with Gasteiger partial charge in [-0.05, 0) is 62.9 Å². The molecule has 0 aliphatic heterocycles. The van der Waals surface area contributed by atoms with Gasteiger partial charge in [0.05, 0.1) is 12.3 Å². The minimum Gasteiger partial charge on any atom is -0.381 e. The summed E-state index contributed by atoms with van der Waals surface area (Å²) >= 11 is 7.12. The molecular formula is C13H19Br2NO. The van der Waals surface area contributed by atoms with Crippen LogP contribution in [0.4, 0.5) is 5.69 Å². The zero-order valence-corrected chi connectivity index (χ0v) is 13.5. The van der Waals surface area contributed by atoms with E-state index in [2.05, 4.69) is 63.2 Å². The Bertz CT molecular complexity index is 332. The van der Waals surface area contributed by atoms with E-state index in [0.29, 0.717) is 0 Å². The highest BCUT2D eigenvalue weighted by Gasteiger charge is 2.05. The number of aryl methyl sites for hydroxylation is 1. The predicted molar refractivity (Wildman–Crippen MR) is 80.8 cm³/mol. The van der Waals surface area contributed by atoms with Gasteiger partial charge in [0.15, 0.2) is 0 Å². The summed E-state index contributed by atoms with van der Waals surface area (Å²) in [5.74, 6) is 0. The summed E-state index contributed by atoms with van der Waals surface area (Å²) in [6.07, 6.45) is 2.32. The standard InChI is InChI=1S/C13H19Br2NO/c1-3-4-6-17-7-5-16-13-11(14)8-10(2)9-12(13)15/h8-9,16H,3-7H2,1-2H3. The third kappa shape index (κ3) is 5.40. The molecule has 0 atom stereocenters. The fraction of sp³-hybridized carbons (Fsp3) is 0.538. The maximum atomic E-state index is 5.51. The minimum atomic E-state index is 0.743. The Morgan fingerprint density at radius 3 is 2.41 bits per heavy atom. The highest BCUT2D eigenvalue weighted by atomic mass is 79.9. The Kier molecular flexibility index (Phi) is 7.16. The number of hydrogen-bond acceptors (Lipinski definition) is 2. The molecule has 4 heteroatoms. The lowest BCUT2D eigenvalue weighted by Crippen LogP contribution is -2.10. The second-order valence-corrected chi connectivity index (χ2v) is 5.70. The molecule has 96 valence electrons. The van der Waals surface area contributed by atoms with Gasteiger partial charge in [0, 0.05) is 22.1 Å². The third-order valence-corrected chi connectivity index (χ3v) is 3.63. The monoisotopic (exact) mass is 363 g/mol. The molecule has 1 aromatic carbocycles. The van der Waals surface area contributed by atoms with Crippen LogP contribution in [0.5, 0.6) is 0 Å². The van der Waals surface area contributed by atoms with Crippen LogP contribution in [0, 0.1) is 6.92 Å². The smallest absolute Gasteiger partial charge is 0.0639 e. The lowest BCUT2D eigenvalue weighted by atomic mass is 10.2. The summed E-state index contributed by atoms with van der Waals surface area (Å²) in [5.41, 5.74) is 2.32. The van der Waals surface area contributed by atoms with Gasteiger partial charge in [0.1, 0.15) is 0 Å². The fourth-order valence-corrected chi connectivity index (χ4v) is 3.16. The molecule has 0 fully saturated rings. The maximum absolute atomic E-state index is 5.51. The summed E-state index contributed by atoms with van der Waals surface area (Å²) in [6.45, 7) is 6.67. The zero-order valence-electron chi connectivity index (χ0n) is 10.4. The van der Waals surface area contributed by atoms with Crippen molar-refractivity contribution in [1.29, 1.82) is 0 Å². The van der Waals surface area contributed by atoms with E-state index in [1.54, 1.807) is 0 Å². The van der Waals surface area contributed by atoms with Crippen molar-refractivity contribution < 1.29 is 4.74 Å². The zero-order chi connectivity index (χ0) is 12.7. The van der Waals surface area contributed by atoms with Crippen LogP contribution < -0.4 is 5.32 Å². The normalized spacial score (nSPS) is 10.6. The van der Waals surface area contributed by atoms with Gasteiger partial charge in [-0.2, -0.15) is 0 Å². The van der Waals surface area contributed by atoms with E-state index < -0.39 is 0 Å². The molecule has 0 saturated carbocycles. The largest absolute Gasteiger partial charge is 0.381 e. The van der Waals surface area contributed by atoms with Gasteiger partial charge < -0.3 is 10.1 Å². The number of rotatable bonds is 7. The van der Waals surface area contributed by atoms with Crippen LogP contribution in [-0.2, 0) is 4.74 Å². The van der Waals surface area contributed by atoms with Gasteiger partial charge in [0.25, 0.3) is 0 Å². The first kappa shape index (κ1) is 15.0. The summed E-state index contributed by atoms with van der Waals surface area (Å²) < 4.78 is 7.67. The van der Waals surface area contributed by atoms with Gasteiger partial charge >= 0.3 is 0 Å². The van der Waals surface area contributed by atoms with E-state index in [1.165, 1.54) is 12.0 Å². The quantitative estimate of drug-likeness (QED) is 0.705. The van der Waals surface area contributed by atoms with Crippen LogP contribution in [0.15, 0.2) is 21.1 Å². The van der Waals surface area contributed by atoms with Crippen molar-refractivity contribution in [2.75, 3.05) is 25.1 Å². The first-order valence-corrected chi connectivity index (χ1v) is 7.51. The first-order chi connectivity index (χ1) is 8.15. The van der Waals surface area contributed by atoms with E-state index in [1.807, 2.05) is 0 Å². The van der Waals surface area contributed by atoms with Crippen LogP contribution in [0.25, 0.3) is 0 Å². The molecule has 0 aliphatic carbocycles. The Morgan fingerprint density at radius 1 is 1.18 bits per heavy atom. The van der Waals surface area contributed by atoms with Gasteiger partial charge in [-0.1, -0.05) is 13.3 Å². The Balaban J connectivity index is 2.36. The van der Waals surface area contributed by atoms with Gasteiger partial charge in [-0.25, -0.2) is 0 Å². The summed E-state index contributed by atoms with van der Waals surface area (Å²) in [7, 11) is 0. The molecule has 2 nitrogen and oxygen atoms in total. The van der Waals surface area contributed by atoms with Gasteiger partial charge in [-0.15, -0.1) is 0 Å².